The number of amides is 4. The highest BCUT2D eigenvalue weighted by atomic mass is 16.2. The van der Waals surface area contributed by atoms with E-state index in [0.29, 0.717) is 38.5 Å². The maximum absolute atomic E-state index is 13.9. The van der Waals surface area contributed by atoms with E-state index in [2.05, 4.69) is 29.2 Å². The van der Waals surface area contributed by atoms with Crippen LogP contribution >= 0.6 is 0 Å². The Labute approximate surface area is 225 Å². The second-order valence-electron chi connectivity index (χ2n) is 11.1. The van der Waals surface area contributed by atoms with E-state index in [0.717, 1.165) is 38.0 Å². The highest BCUT2D eigenvalue weighted by Crippen LogP contribution is 2.39. The van der Waals surface area contributed by atoms with Gasteiger partial charge in [0.25, 0.3) is 5.91 Å². The lowest BCUT2D eigenvalue weighted by molar-refractivity contribution is -0.141. The molecule has 0 unspecified atom stereocenters. The highest BCUT2D eigenvalue weighted by molar-refractivity contribution is 5.96. The van der Waals surface area contributed by atoms with Crippen molar-refractivity contribution < 1.29 is 14.4 Å². The lowest BCUT2D eigenvalue weighted by Gasteiger charge is -2.43. The number of piperidine rings is 2. The summed E-state index contributed by atoms with van der Waals surface area (Å²) in [5, 5.41) is 0. The van der Waals surface area contributed by atoms with Crippen LogP contribution in [0.25, 0.3) is 0 Å². The van der Waals surface area contributed by atoms with Crippen molar-refractivity contribution in [2.24, 2.45) is 5.92 Å². The minimum atomic E-state index is -0.729. The summed E-state index contributed by atoms with van der Waals surface area (Å²) in [6.45, 7) is 3.01. The topological polar surface area (TPSA) is 67.4 Å². The molecule has 3 saturated heterocycles. The second-order valence-corrected chi connectivity index (χ2v) is 11.1. The number of para-hydroxylation sites is 1. The molecule has 4 amide bonds. The van der Waals surface area contributed by atoms with Gasteiger partial charge in [-0.25, -0.2) is 4.79 Å². The molecule has 3 aliphatic heterocycles. The summed E-state index contributed by atoms with van der Waals surface area (Å²) in [6.07, 6.45) is 4.13. The average molecular weight is 518 g/mol. The predicted molar refractivity (Wildman–Crippen MR) is 148 cm³/mol. The summed E-state index contributed by atoms with van der Waals surface area (Å²) in [5.41, 5.74) is 1.60. The third-order valence-electron chi connectivity index (χ3n) is 8.49. The maximum Gasteiger partial charge on any atom is 0.319 e. The molecule has 1 spiro atoms. The zero-order valence-corrected chi connectivity index (χ0v) is 22.6. The van der Waals surface area contributed by atoms with Gasteiger partial charge in [0.05, 0.1) is 6.67 Å². The fourth-order valence-corrected chi connectivity index (χ4v) is 6.27. The molecule has 2 aromatic rings. The van der Waals surface area contributed by atoms with Gasteiger partial charge < -0.3 is 24.5 Å². The number of anilines is 1. The molecule has 3 heterocycles. The summed E-state index contributed by atoms with van der Waals surface area (Å²) >= 11 is 0. The summed E-state index contributed by atoms with van der Waals surface area (Å²) in [6, 6.07) is 20.5. The number of hydrogen-bond donors (Lipinski definition) is 0. The molecule has 0 N–H and O–H groups in total. The second kappa shape index (κ2) is 11.1. The molecule has 3 fully saturated rings. The summed E-state index contributed by atoms with van der Waals surface area (Å²) < 4.78 is 0. The molecule has 8 nitrogen and oxygen atoms in total. The van der Waals surface area contributed by atoms with E-state index in [9.17, 15) is 14.4 Å². The minimum absolute atomic E-state index is 0.00520. The summed E-state index contributed by atoms with van der Waals surface area (Å²) in [4.78, 5) is 49.1. The quantitative estimate of drug-likeness (QED) is 0.611. The number of rotatable bonds is 5. The van der Waals surface area contributed by atoms with Crippen molar-refractivity contribution in [1.82, 2.24) is 19.6 Å². The fourth-order valence-electron chi connectivity index (χ4n) is 6.27. The highest BCUT2D eigenvalue weighted by Gasteiger charge is 2.54. The maximum atomic E-state index is 13.9. The molecule has 0 aromatic heterocycles. The Balaban J connectivity index is 1.24. The van der Waals surface area contributed by atoms with Crippen molar-refractivity contribution in [1.29, 1.82) is 0 Å². The number of urea groups is 1. The molecule has 0 aliphatic carbocycles. The molecule has 0 atom stereocenters. The lowest BCUT2D eigenvalue weighted by atomic mass is 9.85. The monoisotopic (exact) mass is 517 g/mol. The van der Waals surface area contributed by atoms with Crippen molar-refractivity contribution in [2.45, 2.75) is 37.6 Å². The van der Waals surface area contributed by atoms with Crippen molar-refractivity contribution in [3.63, 3.8) is 0 Å². The van der Waals surface area contributed by atoms with Crippen LogP contribution in [0.4, 0.5) is 10.5 Å². The van der Waals surface area contributed by atoms with Crippen LogP contribution in [0.5, 0.6) is 0 Å². The largest absolute Gasteiger partial charge is 0.341 e. The van der Waals surface area contributed by atoms with Crippen LogP contribution in [-0.4, -0.2) is 96.5 Å². The van der Waals surface area contributed by atoms with E-state index in [1.165, 1.54) is 5.56 Å². The molecule has 2 aromatic carbocycles. The lowest BCUT2D eigenvalue weighted by Crippen LogP contribution is -2.58. The molecule has 38 heavy (non-hydrogen) atoms. The SMILES string of the molecule is CN(C)C(=O)N1CCC2(CC1)C(=O)N(CC(=O)N1CCC(Cc3ccccc3)CC1)CN2c1ccccc1. The first-order valence-electron chi connectivity index (χ1n) is 13.8. The Morgan fingerprint density at radius 1 is 0.868 bits per heavy atom. The molecule has 0 bridgehead atoms. The van der Waals surface area contributed by atoms with Crippen LogP contribution in [0.1, 0.15) is 31.2 Å². The van der Waals surface area contributed by atoms with Crippen LogP contribution in [0.3, 0.4) is 0 Å². The molecule has 5 rings (SSSR count). The van der Waals surface area contributed by atoms with Gasteiger partial charge in [-0.2, -0.15) is 0 Å². The molecular weight excluding hydrogens is 478 g/mol. The van der Waals surface area contributed by atoms with Gasteiger partial charge in [0.15, 0.2) is 0 Å². The van der Waals surface area contributed by atoms with E-state index >= 15 is 0 Å². The van der Waals surface area contributed by atoms with Gasteiger partial charge in [-0.1, -0.05) is 48.5 Å². The van der Waals surface area contributed by atoms with Gasteiger partial charge >= 0.3 is 6.03 Å². The Kier molecular flexibility index (Phi) is 7.58. The normalized spacial score (nSPS) is 19.8. The Hall–Kier alpha value is -3.55. The van der Waals surface area contributed by atoms with E-state index in [-0.39, 0.29) is 24.4 Å². The Morgan fingerprint density at radius 3 is 2.08 bits per heavy atom. The molecule has 202 valence electrons. The number of hydrogen-bond acceptors (Lipinski definition) is 4. The molecule has 8 heteroatoms. The summed E-state index contributed by atoms with van der Waals surface area (Å²) in [7, 11) is 3.50. The molecule has 3 aliphatic rings. The first-order valence-corrected chi connectivity index (χ1v) is 13.8. The Bertz CT molecular complexity index is 1120. The number of carbonyl (C=O) groups is 3. The van der Waals surface area contributed by atoms with Crippen LogP contribution in [0.2, 0.25) is 0 Å². The zero-order chi connectivity index (χ0) is 26.7. The molecule has 0 saturated carbocycles. The van der Waals surface area contributed by atoms with E-state index in [1.807, 2.05) is 46.2 Å². The van der Waals surface area contributed by atoms with Crippen molar-refractivity contribution in [2.75, 3.05) is 58.4 Å². The molecule has 0 radical (unpaired) electrons. The average Bonchev–Trinajstić information content (AvgIpc) is 3.20. The third kappa shape index (κ3) is 5.22. The number of nitrogens with zero attached hydrogens (tertiary/aromatic N) is 5. The van der Waals surface area contributed by atoms with Gasteiger partial charge in [-0.05, 0) is 55.7 Å². The summed E-state index contributed by atoms with van der Waals surface area (Å²) in [5.74, 6) is 0.620. The van der Waals surface area contributed by atoms with Crippen LogP contribution in [-0.2, 0) is 16.0 Å². The van der Waals surface area contributed by atoms with Gasteiger partial charge in [-0.3, -0.25) is 9.59 Å². The van der Waals surface area contributed by atoms with Crippen molar-refractivity contribution >= 4 is 23.5 Å². The predicted octanol–water partition coefficient (Wildman–Crippen LogP) is 3.29. The number of benzene rings is 2. The van der Waals surface area contributed by atoms with Crippen molar-refractivity contribution in [3.8, 4) is 0 Å². The fraction of sp³-hybridized carbons (Fsp3) is 0.500. The van der Waals surface area contributed by atoms with Gasteiger partial charge in [0, 0.05) is 46.0 Å². The third-order valence-corrected chi connectivity index (χ3v) is 8.49. The zero-order valence-electron chi connectivity index (χ0n) is 22.6. The van der Waals surface area contributed by atoms with Gasteiger partial charge in [0.2, 0.25) is 5.91 Å². The van der Waals surface area contributed by atoms with E-state index in [4.69, 9.17) is 0 Å². The van der Waals surface area contributed by atoms with Gasteiger partial charge in [0.1, 0.15) is 12.1 Å². The molecular formula is C30H39N5O3. The smallest absolute Gasteiger partial charge is 0.319 e. The number of carbonyl (C=O) groups excluding carboxylic acids is 3. The van der Waals surface area contributed by atoms with Gasteiger partial charge in [-0.15, -0.1) is 0 Å². The minimum Gasteiger partial charge on any atom is -0.341 e. The van der Waals surface area contributed by atoms with Crippen molar-refractivity contribution in [3.05, 3.63) is 66.2 Å². The van der Waals surface area contributed by atoms with Crippen LogP contribution < -0.4 is 4.90 Å². The van der Waals surface area contributed by atoms with E-state index in [1.54, 1.807) is 23.9 Å². The van der Waals surface area contributed by atoms with E-state index < -0.39 is 5.54 Å². The van der Waals surface area contributed by atoms with Crippen LogP contribution in [0.15, 0.2) is 60.7 Å². The first kappa shape index (κ1) is 26.1. The number of likely N-dealkylation sites (tertiary alicyclic amines) is 2. The Morgan fingerprint density at radius 2 is 1.47 bits per heavy atom. The van der Waals surface area contributed by atoms with Crippen LogP contribution in [0, 0.1) is 5.92 Å². The standard InChI is InChI=1S/C30H39N5O3/c1-31(2)29(38)33-19-15-30(16-20-33)28(37)34(23-35(30)26-11-7-4-8-12-26)22-27(36)32-17-13-25(14-18-32)21-24-9-5-3-6-10-24/h3-12,25H,13-23H2,1-2H3. The first-order chi connectivity index (χ1) is 18.4.